The van der Waals surface area contributed by atoms with E-state index in [9.17, 15) is 27.6 Å². The van der Waals surface area contributed by atoms with Crippen molar-refractivity contribution in [3.63, 3.8) is 0 Å². The number of ether oxygens (including phenoxy) is 3. The summed E-state index contributed by atoms with van der Waals surface area (Å²) in [5.74, 6) is -0.942. The van der Waals surface area contributed by atoms with Gasteiger partial charge in [-0.05, 0) is 60.5 Å². The molecule has 236 valence electrons. The minimum atomic E-state index is -4.83. The van der Waals surface area contributed by atoms with Crippen molar-refractivity contribution in [1.29, 1.82) is 0 Å². The zero-order chi connectivity index (χ0) is 32.4. The smallest absolute Gasteiger partial charge is 0.497 e. The molecule has 45 heavy (non-hydrogen) atoms. The molecule has 0 spiro atoms. The van der Waals surface area contributed by atoms with Crippen LogP contribution in [0.4, 0.5) is 13.2 Å². The SMILES string of the molecule is COc1ccc(C(=O)/N=c2\scc(-c3ccc(OC(F)(F)F)cc3)n2CCCNC(=O)CNC(=O)c2ccccc2)c(OC)c1. The monoisotopic (exact) mass is 642 g/mol. The Hall–Kier alpha value is -5.11. The van der Waals surface area contributed by atoms with Gasteiger partial charge in [-0.15, -0.1) is 24.5 Å². The number of carbonyl (C=O) groups excluding carboxylic acids is 3. The van der Waals surface area contributed by atoms with Crippen molar-refractivity contribution in [2.45, 2.75) is 19.3 Å². The highest BCUT2D eigenvalue weighted by Gasteiger charge is 2.31. The van der Waals surface area contributed by atoms with Crippen molar-refractivity contribution in [1.82, 2.24) is 15.2 Å². The van der Waals surface area contributed by atoms with Gasteiger partial charge in [0.1, 0.15) is 17.2 Å². The fourth-order valence-corrected chi connectivity index (χ4v) is 5.13. The molecule has 0 fully saturated rings. The van der Waals surface area contributed by atoms with Gasteiger partial charge in [0.25, 0.3) is 11.8 Å². The van der Waals surface area contributed by atoms with E-state index in [1.54, 1.807) is 52.4 Å². The third-order valence-corrected chi connectivity index (χ3v) is 7.21. The van der Waals surface area contributed by atoms with E-state index in [2.05, 4.69) is 20.4 Å². The molecule has 0 unspecified atom stereocenters. The molecule has 10 nitrogen and oxygen atoms in total. The van der Waals surface area contributed by atoms with Crippen molar-refractivity contribution in [2.24, 2.45) is 4.99 Å². The van der Waals surface area contributed by atoms with Crippen molar-refractivity contribution >= 4 is 29.1 Å². The van der Waals surface area contributed by atoms with Crippen LogP contribution in [0.15, 0.2) is 83.2 Å². The van der Waals surface area contributed by atoms with Crippen molar-refractivity contribution in [3.05, 3.63) is 94.1 Å². The van der Waals surface area contributed by atoms with Crippen LogP contribution in [0.1, 0.15) is 27.1 Å². The Balaban J connectivity index is 1.51. The number of alkyl halides is 3. The maximum atomic E-state index is 13.2. The van der Waals surface area contributed by atoms with E-state index < -0.39 is 12.3 Å². The zero-order valence-corrected chi connectivity index (χ0v) is 25.0. The lowest BCUT2D eigenvalue weighted by molar-refractivity contribution is -0.274. The number of benzene rings is 3. The highest BCUT2D eigenvalue weighted by molar-refractivity contribution is 7.07. The van der Waals surface area contributed by atoms with Crippen LogP contribution in [0.25, 0.3) is 11.3 Å². The molecule has 0 aliphatic rings. The van der Waals surface area contributed by atoms with Gasteiger partial charge in [0.05, 0.1) is 32.0 Å². The van der Waals surface area contributed by atoms with Crippen molar-refractivity contribution in [2.75, 3.05) is 27.3 Å². The average Bonchev–Trinajstić information content (AvgIpc) is 3.43. The number of nitrogens with zero attached hydrogens (tertiary/aromatic N) is 2. The number of rotatable bonds is 12. The molecule has 0 bridgehead atoms. The second-order valence-corrected chi connectivity index (χ2v) is 10.2. The zero-order valence-electron chi connectivity index (χ0n) is 24.2. The number of aromatic nitrogens is 1. The summed E-state index contributed by atoms with van der Waals surface area (Å²) >= 11 is 1.17. The third kappa shape index (κ3) is 9.19. The van der Waals surface area contributed by atoms with E-state index >= 15 is 0 Å². The summed E-state index contributed by atoms with van der Waals surface area (Å²) in [4.78, 5) is 42.4. The summed E-state index contributed by atoms with van der Waals surface area (Å²) < 4.78 is 54.2. The maximum Gasteiger partial charge on any atom is 0.573 e. The Morgan fingerprint density at radius 3 is 2.29 bits per heavy atom. The van der Waals surface area contributed by atoms with E-state index in [0.29, 0.717) is 40.3 Å². The number of methoxy groups -OCH3 is 2. The minimum absolute atomic E-state index is 0.207. The largest absolute Gasteiger partial charge is 0.573 e. The van der Waals surface area contributed by atoms with Gasteiger partial charge in [0.2, 0.25) is 5.91 Å². The number of amides is 3. The van der Waals surface area contributed by atoms with E-state index in [-0.39, 0.29) is 42.0 Å². The molecule has 4 rings (SSSR count). The molecule has 14 heteroatoms. The molecule has 2 N–H and O–H groups in total. The second kappa shape index (κ2) is 15.1. The number of carbonyl (C=O) groups is 3. The summed E-state index contributed by atoms with van der Waals surface area (Å²) in [5, 5.41) is 7.03. The highest BCUT2D eigenvalue weighted by Crippen LogP contribution is 2.28. The topological polar surface area (TPSA) is 120 Å². The molecule has 3 amide bonds. The third-order valence-electron chi connectivity index (χ3n) is 6.34. The molecule has 0 aliphatic carbocycles. The van der Waals surface area contributed by atoms with Crippen LogP contribution in [0.2, 0.25) is 0 Å². The molecule has 0 saturated carbocycles. The average molecular weight is 643 g/mol. The Morgan fingerprint density at radius 2 is 1.62 bits per heavy atom. The first-order chi connectivity index (χ1) is 21.6. The van der Waals surface area contributed by atoms with Gasteiger partial charge in [-0.1, -0.05) is 18.2 Å². The number of nitrogens with one attached hydrogen (secondary N) is 2. The lowest BCUT2D eigenvalue weighted by Crippen LogP contribution is -2.37. The van der Waals surface area contributed by atoms with Gasteiger partial charge < -0.3 is 29.4 Å². The van der Waals surface area contributed by atoms with Gasteiger partial charge in [0.15, 0.2) is 4.80 Å². The van der Waals surface area contributed by atoms with Crippen molar-refractivity contribution < 1.29 is 41.8 Å². The molecular weight excluding hydrogens is 613 g/mol. The first-order valence-corrected chi connectivity index (χ1v) is 14.4. The van der Waals surface area contributed by atoms with Crippen LogP contribution < -0.4 is 29.6 Å². The molecule has 4 aromatic rings. The first kappa shape index (κ1) is 32.8. The van der Waals surface area contributed by atoms with Crippen LogP contribution in [-0.4, -0.2) is 56.0 Å². The van der Waals surface area contributed by atoms with Crippen LogP contribution >= 0.6 is 11.3 Å². The standard InChI is InChI=1S/C31H29F3N4O6S/c1-42-23-13-14-24(26(17-23)43-2)29(41)37-30-38(25(19-45-30)20-9-11-22(12-10-20)44-31(32,33)34)16-6-15-35-27(39)18-36-28(40)21-7-4-3-5-8-21/h3-5,7-14,17,19H,6,15-16,18H2,1-2H3,(H,35,39)(H,36,40)/b37-30-. The Morgan fingerprint density at radius 1 is 0.911 bits per heavy atom. The first-order valence-electron chi connectivity index (χ1n) is 13.5. The summed E-state index contributed by atoms with van der Waals surface area (Å²) in [6, 6.07) is 18.5. The van der Waals surface area contributed by atoms with E-state index in [4.69, 9.17) is 9.47 Å². The summed E-state index contributed by atoms with van der Waals surface area (Å²) in [7, 11) is 2.91. The molecule has 0 radical (unpaired) electrons. The molecule has 0 saturated heterocycles. The molecule has 1 heterocycles. The summed E-state index contributed by atoms with van der Waals surface area (Å²) in [6.07, 6.45) is -4.42. The quantitative estimate of drug-likeness (QED) is 0.214. The molecule has 0 atom stereocenters. The van der Waals surface area contributed by atoms with E-state index in [1.165, 1.54) is 55.9 Å². The summed E-state index contributed by atoms with van der Waals surface area (Å²) in [5.41, 5.74) is 1.79. The fourth-order valence-electron chi connectivity index (χ4n) is 4.19. The molecular formula is C31H29F3N4O6S. The number of thiazole rings is 1. The van der Waals surface area contributed by atoms with Gasteiger partial charge in [-0.2, -0.15) is 4.99 Å². The highest BCUT2D eigenvalue weighted by atomic mass is 32.1. The lowest BCUT2D eigenvalue weighted by Gasteiger charge is -2.12. The Kier molecular flexibility index (Phi) is 11.0. The molecule has 3 aromatic carbocycles. The van der Waals surface area contributed by atoms with Crippen LogP contribution in [0.5, 0.6) is 17.2 Å². The summed E-state index contributed by atoms with van der Waals surface area (Å²) in [6.45, 7) is 0.318. The van der Waals surface area contributed by atoms with Gasteiger partial charge >= 0.3 is 6.36 Å². The second-order valence-electron chi connectivity index (χ2n) is 9.36. The number of halogens is 3. The van der Waals surface area contributed by atoms with E-state index in [0.717, 1.165) is 0 Å². The van der Waals surface area contributed by atoms with Crippen LogP contribution in [0.3, 0.4) is 0 Å². The number of hydrogen-bond donors (Lipinski definition) is 2. The predicted molar refractivity (Wildman–Crippen MR) is 160 cm³/mol. The molecule has 0 aliphatic heterocycles. The fraction of sp³-hybridized carbons (Fsp3) is 0.226. The van der Waals surface area contributed by atoms with E-state index in [1.807, 2.05) is 0 Å². The molecule has 1 aromatic heterocycles. The van der Waals surface area contributed by atoms with Gasteiger partial charge in [-0.25, -0.2) is 0 Å². The Labute approximate surface area is 260 Å². The normalized spacial score (nSPS) is 11.5. The van der Waals surface area contributed by atoms with Crippen molar-refractivity contribution in [3.8, 4) is 28.5 Å². The van der Waals surface area contributed by atoms with Gasteiger partial charge in [0, 0.05) is 30.1 Å². The maximum absolute atomic E-state index is 13.2. The number of hydrogen-bond acceptors (Lipinski definition) is 7. The van der Waals surface area contributed by atoms with Crippen LogP contribution in [-0.2, 0) is 11.3 Å². The predicted octanol–water partition coefficient (Wildman–Crippen LogP) is 4.81. The minimum Gasteiger partial charge on any atom is -0.497 e. The van der Waals surface area contributed by atoms with Gasteiger partial charge in [-0.3, -0.25) is 14.4 Å². The lowest BCUT2D eigenvalue weighted by atomic mass is 10.1. The van der Waals surface area contributed by atoms with Crippen LogP contribution in [0, 0.1) is 0 Å². The Bertz CT molecular complexity index is 1700.